The lowest BCUT2D eigenvalue weighted by molar-refractivity contribution is -0.281. The van der Waals surface area contributed by atoms with Crippen molar-refractivity contribution in [2.75, 3.05) is 56.2 Å². The van der Waals surface area contributed by atoms with E-state index >= 15 is 0 Å². The van der Waals surface area contributed by atoms with Crippen LogP contribution in [0.3, 0.4) is 0 Å². The molecule has 65 heavy (non-hydrogen) atoms. The van der Waals surface area contributed by atoms with E-state index in [4.69, 9.17) is 15.4 Å². The third kappa shape index (κ3) is 9.71. The summed E-state index contributed by atoms with van der Waals surface area (Å²) in [6.45, 7) is 8.30. The number of amides is 3. The molecule has 0 bridgehead atoms. The molecule has 10 rings (SSSR count). The zero-order valence-electron chi connectivity index (χ0n) is 36.1. The lowest BCUT2D eigenvalue weighted by Gasteiger charge is -2.48. The first kappa shape index (κ1) is 43.3. The summed E-state index contributed by atoms with van der Waals surface area (Å²) in [5, 5.41) is 13.3. The fourth-order valence-electron chi connectivity index (χ4n) is 9.47. The SMILES string of the molecule is CC1(N)C=CN(c2cnc(Sc3cccc(NC(=O)c4ccc5c(c4)CC(N4CCN(C6CNC(NC=O)CN6Cc6ccc7c(c6)CN(C6NCONO6)C7=O)CC4)C5)c3)cn2)C=C1. The molecule has 1 aliphatic carbocycles. The third-order valence-corrected chi connectivity index (χ3v) is 13.8. The van der Waals surface area contributed by atoms with Gasteiger partial charge in [0.25, 0.3) is 11.8 Å². The molecule has 4 atom stereocenters. The van der Waals surface area contributed by atoms with Crippen molar-refractivity contribution >= 4 is 41.5 Å². The fourth-order valence-corrected chi connectivity index (χ4v) is 10.3. The highest BCUT2D eigenvalue weighted by atomic mass is 32.2. The standard InChI is InChI=1S/C46H53N13O5S/c1-46(47)9-11-56(12-10-46)40-22-50-41(23-49-40)65-37-4-2-3-35(21-37)53-43(61)32-7-6-31-19-36(20-33(31)18-32)55-13-15-57(16-14-55)42-24-48-39(51-28-60)27-58(42)25-30-5-8-38-34(17-30)26-59(44(38)62)45-52-29-63-54-64-45/h2-12,17-18,21-23,28,36,39,42,45,48,52,54H,13-16,19-20,24-27,29,47H2,1H3,(H,51,60)(H,53,61). The average Bonchev–Trinajstić information content (AvgIpc) is 3.90. The largest absolute Gasteiger partial charge is 0.342 e. The van der Waals surface area contributed by atoms with E-state index in [9.17, 15) is 14.4 Å². The molecule has 0 radical (unpaired) electrons. The number of benzene rings is 3. The van der Waals surface area contributed by atoms with Crippen molar-refractivity contribution < 1.29 is 24.1 Å². The third-order valence-electron chi connectivity index (χ3n) is 12.9. The van der Waals surface area contributed by atoms with Gasteiger partial charge in [0.1, 0.15) is 11.8 Å². The number of nitrogens with one attached hydrogen (secondary N) is 5. The minimum Gasteiger partial charge on any atom is -0.342 e. The van der Waals surface area contributed by atoms with Gasteiger partial charge >= 0.3 is 0 Å². The van der Waals surface area contributed by atoms with E-state index in [-0.39, 0.29) is 30.9 Å². The maximum absolute atomic E-state index is 13.6. The van der Waals surface area contributed by atoms with Crippen LogP contribution in [-0.4, -0.2) is 124 Å². The number of carbonyl (C=O) groups is 3. The summed E-state index contributed by atoms with van der Waals surface area (Å²) in [6.07, 6.45) is 13.0. The maximum atomic E-state index is 13.6. The van der Waals surface area contributed by atoms with Crippen molar-refractivity contribution in [2.45, 2.75) is 73.0 Å². The predicted octanol–water partition coefficient (Wildman–Crippen LogP) is 2.29. The summed E-state index contributed by atoms with van der Waals surface area (Å²) in [4.78, 5) is 69.8. The number of rotatable bonds is 12. The summed E-state index contributed by atoms with van der Waals surface area (Å²) in [5.41, 5.74) is 14.7. The number of nitrogens with zero attached hydrogens (tertiary/aromatic N) is 7. The molecule has 4 aromatic rings. The molecular formula is C46H53N13O5S. The summed E-state index contributed by atoms with van der Waals surface area (Å²) in [5.74, 6) is 0.465. The zero-order valence-corrected chi connectivity index (χ0v) is 36.9. The van der Waals surface area contributed by atoms with Crippen molar-refractivity contribution in [1.29, 1.82) is 0 Å². The van der Waals surface area contributed by atoms with Crippen molar-refractivity contribution in [1.82, 2.24) is 51.2 Å². The molecule has 3 aromatic carbocycles. The number of fused-ring (bicyclic) bond motifs is 2. The van der Waals surface area contributed by atoms with E-state index in [1.54, 1.807) is 17.3 Å². The monoisotopic (exact) mass is 899 g/mol. The first-order valence-electron chi connectivity index (χ1n) is 22.0. The topological polar surface area (TPSA) is 198 Å². The number of nitrogens with two attached hydrogens (primary N) is 1. The fraction of sp³-hybridized carbons (Fsp3) is 0.370. The van der Waals surface area contributed by atoms with Crippen molar-refractivity contribution in [2.24, 2.45) is 5.73 Å². The molecule has 0 spiro atoms. The molecule has 6 aliphatic rings. The van der Waals surface area contributed by atoms with Crippen LogP contribution < -0.4 is 37.5 Å². The molecule has 7 N–H and O–H groups in total. The van der Waals surface area contributed by atoms with Gasteiger partial charge in [0, 0.05) is 86.0 Å². The van der Waals surface area contributed by atoms with Gasteiger partial charge in [-0.3, -0.25) is 44.1 Å². The van der Waals surface area contributed by atoms with Crippen molar-refractivity contribution in [3.05, 3.63) is 131 Å². The Labute approximate surface area is 381 Å². The quantitative estimate of drug-likeness (QED) is 0.113. The van der Waals surface area contributed by atoms with E-state index in [2.05, 4.69) is 69.8 Å². The van der Waals surface area contributed by atoms with Gasteiger partial charge in [-0.05, 0) is 90.6 Å². The van der Waals surface area contributed by atoms with Crippen LogP contribution in [0, 0.1) is 0 Å². The molecular weight excluding hydrogens is 847 g/mol. The summed E-state index contributed by atoms with van der Waals surface area (Å²) < 4.78 is 0. The van der Waals surface area contributed by atoms with E-state index in [0.717, 1.165) is 66.5 Å². The molecule has 5 aliphatic heterocycles. The van der Waals surface area contributed by atoms with Crippen LogP contribution >= 0.6 is 11.8 Å². The van der Waals surface area contributed by atoms with E-state index in [0.29, 0.717) is 54.9 Å². The van der Waals surface area contributed by atoms with Crippen LogP contribution in [0.4, 0.5) is 11.5 Å². The molecule has 4 unspecified atom stereocenters. The van der Waals surface area contributed by atoms with E-state index < -0.39 is 11.9 Å². The minimum atomic E-state index is -0.625. The number of carbonyl (C=O) groups excluding carboxylic acids is 3. The van der Waals surface area contributed by atoms with Crippen molar-refractivity contribution in [3.8, 4) is 0 Å². The first-order valence-corrected chi connectivity index (χ1v) is 22.8. The normalized spacial score (nSPS) is 24.5. The number of anilines is 2. The lowest BCUT2D eigenvalue weighted by Crippen LogP contribution is -2.67. The Balaban J connectivity index is 0.726. The highest BCUT2D eigenvalue weighted by molar-refractivity contribution is 7.99. The molecule has 19 heteroatoms. The number of hydrogen-bond donors (Lipinski definition) is 6. The molecule has 1 aromatic heterocycles. The van der Waals surface area contributed by atoms with Crippen LogP contribution in [0.5, 0.6) is 0 Å². The highest BCUT2D eigenvalue weighted by Gasteiger charge is 2.38. The Hall–Kier alpha value is -5.58. The van der Waals surface area contributed by atoms with E-state index in [1.807, 2.05) is 78.8 Å². The van der Waals surface area contributed by atoms with Gasteiger partial charge in [-0.15, -0.1) is 0 Å². The van der Waals surface area contributed by atoms with Gasteiger partial charge in [-0.25, -0.2) is 20.1 Å². The average molecular weight is 900 g/mol. The Morgan fingerprint density at radius 3 is 2.58 bits per heavy atom. The summed E-state index contributed by atoms with van der Waals surface area (Å²) in [6, 6.07) is 20.3. The van der Waals surface area contributed by atoms with Gasteiger partial charge in [0.2, 0.25) is 12.8 Å². The van der Waals surface area contributed by atoms with Crippen LogP contribution in [0.15, 0.2) is 108 Å². The van der Waals surface area contributed by atoms with E-state index in [1.165, 1.54) is 22.9 Å². The minimum absolute atomic E-state index is 0.0920. The lowest BCUT2D eigenvalue weighted by atomic mass is 10.0. The summed E-state index contributed by atoms with van der Waals surface area (Å²) >= 11 is 1.48. The Morgan fingerprint density at radius 2 is 1.80 bits per heavy atom. The molecule has 338 valence electrons. The molecule has 3 saturated heterocycles. The second kappa shape index (κ2) is 18.7. The predicted molar refractivity (Wildman–Crippen MR) is 243 cm³/mol. The van der Waals surface area contributed by atoms with Gasteiger partial charge in [-0.2, -0.15) is 0 Å². The van der Waals surface area contributed by atoms with Crippen LogP contribution in [0.2, 0.25) is 0 Å². The van der Waals surface area contributed by atoms with Gasteiger partial charge in [0.15, 0.2) is 5.82 Å². The first-order chi connectivity index (χ1) is 31.6. The van der Waals surface area contributed by atoms with Gasteiger partial charge in [-0.1, -0.05) is 41.7 Å². The summed E-state index contributed by atoms with van der Waals surface area (Å²) in [7, 11) is 0. The van der Waals surface area contributed by atoms with Crippen molar-refractivity contribution in [3.63, 3.8) is 0 Å². The molecule has 0 saturated carbocycles. The molecule has 3 fully saturated rings. The highest BCUT2D eigenvalue weighted by Crippen LogP contribution is 2.32. The van der Waals surface area contributed by atoms with Crippen LogP contribution in [-0.2, 0) is 40.4 Å². The number of piperazine rings is 2. The Morgan fingerprint density at radius 1 is 0.969 bits per heavy atom. The van der Waals surface area contributed by atoms with Gasteiger partial charge < -0.3 is 21.3 Å². The molecule has 6 heterocycles. The van der Waals surface area contributed by atoms with Crippen LogP contribution in [0.25, 0.3) is 0 Å². The maximum Gasteiger partial charge on any atom is 0.257 e. The molecule has 3 amide bonds. The zero-order chi connectivity index (χ0) is 44.5. The number of hydrogen-bond acceptors (Lipinski definition) is 16. The number of aromatic nitrogens is 2. The molecule has 18 nitrogen and oxygen atoms in total. The van der Waals surface area contributed by atoms with Crippen LogP contribution in [0.1, 0.15) is 49.9 Å². The Kier molecular flexibility index (Phi) is 12.5. The Bertz CT molecular complexity index is 2460. The smallest absolute Gasteiger partial charge is 0.257 e. The second-order valence-corrected chi connectivity index (χ2v) is 18.5. The second-order valence-electron chi connectivity index (χ2n) is 17.4. The van der Waals surface area contributed by atoms with Gasteiger partial charge in [0.05, 0.1) is 36.8 Å².